The number of aryl methyl sites for hydroxylation is 1. The van der Waals surface area contributed by atoms with Gasteiger partial charge in [0, 0.05) is 0 Å². The summed E-state index contributed by atoms with van der Waals surface area (Å²) in [5, 5.41) is 9.54. The van der Waals surface area contributed by atoms with Crippen LogP contribution in [-0.2, 0) is 6.42 Å². The number of aromatic hydroxyl groups is 1. The van der Waals surface area contributed by atoms with Crippen molar-refractivity contribution in [1.29, 1.82) is 0 Å². The predicted octanol–water partition coefficient (Wildman–Crippen LogP) is 4.27. The molecular formula is C17H16O. The van der Waals surface area contributed by atoms with Gasteiger partial charge in [0.1, 0.15) is 5.75 Å². The van der Waals surface area contributed by atoms with Crippen LogP contribution in [0.3, 0.4) is 0 Å². The van der Waals surface area contributed by atoms with Gasteiger partial charge in [0.05, 0.1) is 0 Å². The van der Waals surface area contributed by atoms with Gasteiger partial charge in [0.15, 0.2) is 0 Å². The Morgan fingerprint density at radius 2 is 1.78 bits per heavy atom. The zero-order chi connectivity index (χ0) is 12.4. The predicted molar refractivity (Wildman–Crippen MR) is 75.4 cm³/mol. The molecule has 0 saturated heterocycles. The van der Waals surface area contributed by atoms with Gasteiger partial charge in [-0.2, -0.15) is 0 Å². The van der Waals surface area contributed by atoms with Gasteiger partial charge in [0.25, 0.3) is 0 Å². The maximum atomic E-state index is 9.54. The number of benzene rings is 2. The van der Waals surface area contributed by atoms with E-state index < -0.39 is 0 Å². The van der Waals surface area contributed by atoms with E-state index in [4.69, 9.17) is 0 Å². The van der Waals surface area contributed by atoms with Gasteiger partial charge in [-0.3, -0.25) is 0 Å². The van der Waals surface area contributed by atoms with Gasteiger partial charge in [0.2, 0.25) is 0 Å². The highest BCUT2D eigenvalue weighted by Gasteiger charge is 2.14. The Labute approximate surface area is 107 Å². The zero-order valence-electron chi connectivity index (χ0n) is 10.3. The van der Waals surface area contributed by atoms with Crippen LogP contribution in [0, 0.1) is 0 Å². The molecule has 2 aromatic rings. The summed E-state index contributed by atoms with van der Waals surface area (Å²) in [6.07, 6.45) is 5.60. The monoisotopic (exact) mass is 236 g/mol. The van der Waals surface area contributed by atoms with Crippen LogP contribution in [0.5, 0.6) is 5.75 Å². The van der Waals surface area contributed by atoms with E-state index >= 15 is 0 Å². The van der Waals surface area contributed by atoms with E-state index in [0.717, 1.165) is 19.3 Å². The molecule has 0 bridgehead atoms. The lowest BCUT2D eigenvalue weighted by Crippen LogP contribution is -2.01. The van der Waals surface area contributed by atoms with Crippen molar-refractivity contribution in [3.05, 3.63) is 65.2 Å². The Bertz CT molecular complexity index is 582. The largest absolute Gasteiger partial charge is 0.508 e. The smallest absolute Gasteiger partial charge is 0.115 e. The second kappa shape index (κ2) is 4.69. The lowest BCUT2D eigenvalue weighted by molar-refractivity contribution is 0.474. The van der Waals surface area contributed by atoms with Crippen molar-refractivity contribution in [3.63, 3.8) is 0 Å². The number of fused-ring (bicyclic) bond motifs is 1. The van der Waals surface area contributed by atoms with Gasteiger partial charge >= 0.3 is 0 Å². The van der Waals surface area contributed by atoms with Gasteiger partial charge in [-0.25, -0.2) is 0 Å². The fourth-order valence-corrected chi connectivity index (χ4v) is 2.60. The number of hydrogen-bond acceptors (Lipinski definition) is 1. The molecule has 90 valence electrons. The van der Waals surface area contributed by atoms with Crippen LogP contribution in [-0.4, -0.2) is 5.11 Å². The van der Waals surface area contributed by atoms with Gasteiger partial charge < -0.3 is 5.11 Å². The highest BCUT2D eigenvalue weighted by molar-refractivity contribution is 5.83. The molecule has 0 fully saturated rings. The Balaban J connectivity index is 2.04. The molecular weight excluding hydrogens is 220 g/mol. The molecule has 2 aromatic carbocycles. The van der Waals surface area contributed by atoms with Crippen LogP contribution in [0.1, 0.15) is 29.5 Å². The molecule has 1 N–H and O–H groups in total. The van der Waals surface area contributed by atoms with Crippen molar-refractivity contribution in [1.82, 2.24) is 0 Å². The topological polar surface area (TPSA) is 20.2 Å². The molecule has 1 aliphatic rings. The molecule has 0 spiro atoms. The van der Waals surface area contributed by atoms with E-state index in [-0.39, 0.29) is 0 Å². The lowest BCUT2D eigenvalue weighted by Gasteiger charge is -2.19. The first-order valence-corrected chi connectivity index (χ1v) is 6.41. The first-order valence-electron chi connectivity index (χ1n) is 6.41. The van der Waals surface area contributed by atoms with E-state index in [0.29, 0.717) is 5.75 Å². The molecule has 0 radical (unpaired) electrons. The van der Waals surface area contributed by atoms with E-state index in [9.17, 15) is 5.11 Å². The Morgan fingerprint density at radius 3 is 2.61 bits per heavy atom. The molecule has 0 saturated carbocycles. The molecule has 0 aliphatic heterocycles. The Hall–Kier alpha value is -2.02. The summed E-state index contributed by atoms with van der Waals surface area (Å²) in [6.45, 7) is 0. The van der Waals surface area contributed by atoms with Crippen molar-refractivity contribution in [2.24, 2.45) is 0 Å². The lowest BCUT2D eigenvalue weighted by atomic mass is 9.86. The maximum absolute atomic E-state index is 9.54. The van der Waals surface area contributed by atoms with E-state index in [2.05, 4.69) is 30.3 Å². The minimum atomic E-state index is 0.370. The Morgan fingerprint density at radius 1 is 0.944 bits per heavy atom. The standard InChI is InChI=1S/C17H16O/c18-16-9-10-17-14(7-4-8-15(17)12-16)11-13-5-2-1-3-6-13/h1-3,5-6,9-12,18H,4,7-8H2/b14-11+. The molecule has 0 atom stereocenters. The van der Waals surface area contributed by atoms with Crippen LogP contribution >= 0.6 is 0 Å². The SMILES string of the molecule is Oc1ccc2c(c1)CCC/C2=C\c1ccccc1. The van der Waals surface area contributed by atoms with Gasteiger partial charge in [-0.1, -0.05) is 42.5 Å². The van der Waals surface area contributed by atoms with Crippen molar-refractivity contribution in [2.75, 3.05) is 0 Å². The van der Waals surface area contributed by atoms with Crippen LogP contribution in [0.4, 0.5) is 0 Å². The normalized spacial score (nSPS) is 16.6. The third-order valence-electron chi connectivity index (χ3n) is 3.47. The molecule has 0 amide bonds. The number of allylic oxidation sites excluding steroid dienone is 1. The molecule has 0 aromatic heterocycles. The fraction of sp³-hybridized carbons (Fsp3) is 0.176. The minimum Gasteiger partial charge on any atom is -0.508 e. The summed E-state index contributed by atoms with van der Waals surface area (Å²) in [5.41, 5.74) is 5.18. The summed E-state index contributed by atoms with van der Waals surface area (Å²) in [7, 11) is 0. The average Bonchev–Trinajstić information content (AvgIpc) is 2.40. The molecule has 1 nitrogen and oxygen atoms in total. The van der Waals surface area contributed by atoms with Crippen LogP contribution in [0.2, 0.25) is 0 Å². The molecule has 1 aliphatic carbocycles. The third-order valence-corrected chi connectivity index (χ3v) is 3.47. The van der Waals surface area contributed by atoms with Crippen LogP contribution in [0.25, 0.3) is 11.6 Å². The molecule has 18 heavy (non-hydrogen) atoms. The highest BCUT2D eigenvalue weighted by atomic mass is 16.3. The van der Waals surface area contributed by atoms with Gasteiger partial charge in [-0.05, 0) is 53.7 Å². The summed E-state index contributed by atoms with van der Waals surface area (Å²) in [4.78, 5) is 0. The fourth-order valence-electron chi connectivity index (χ4n) is 2.60. The number of phenols is 1. The van der Waals surface area contributed by atoms with Crippen LogP contribution in [0.15, 0.2) is 48.5 Å². The van der Waals surface area contributed by atoms with Crippen LogP contribution < -0.4 is 0 Å². The van der Waals surface area contributed by atoms with E-state index in [1.54, 1.807) is 6.07 Å². The molecule has 0 heterocycles. The second-order valence-corrected chi connectivity index (χ2v) is 4.78. The summed E-state index contributed by atoms with van der Waals surface area (Å²) in [6, 6.07) is 16.1. The zero-order valence-corrected chi connectivity index (χ0v) is 10.3. The summed E-state index contributed by atoms with van der Waals surface area (Å²) in [5.74, 6) is 0.370. The minimum absolute atomic E-state index is 0.370. The van der Waals surface area contributed by atoms with E-state index in [1.165, 1.54) is 22.3 Å². The molecule has 0 unspecified atom stereocenters. The maximum Gasteiger partial charge on any atom is 0.115 e. The van der Waals surface area contributed by atoms with Crippen molar-refractivity contribution in [3.8, 4) is 5.75 Å². The second-order valence-electron chi connectivity index (χ2n) is 4.78. The first kappa shape index (κ1) is 11.1. The number of hydrogen-bond donors (Lipinski definition) is 1. The van der Waals surface area contributed by atoms with Crippen molar-refractivity contribution < 1.29 is 5.11 Å². The molecule has 1 heteroatoms. The Kier molecular flexibility index (Phi) is 2.89. The summed E-state index contributed by atoms with van der Waals surface area (Å²) < 4.78 is 0. The first-order chi connectivity index (χ1) is 8.83. The molecule has 3 rings (SSSR count). The summed E-state index contributed by atoms with van der Waals surface area (Å²) >= 11 is 0. The number of phenolic OH excluding ortho intramolecular Hbond substituents is 1. The van der Waals surface area contributed by atoms with Crippen molar-refractivity contribution >= 4 is 11.6 Å². The third kappa shape index (κ3) is 2.17. The van der Waals surface area contributed by atoms with Crippen molar-refractivity contribution in [2.45, 2.75) is 19.3 Å². The number of rotatable bonds is 1. The highest BCUT2D eigenvalue weighted by Crippen LogP contribution is 2.33. The van der Waals surface area contributed by atoms with Gasteiger partial charge in [-0.15, -0.1) is 0 Å². The quantitative estimate of drug-likeness (QED) is 0.784. The average molecular weight is 236 g/mol. The van der Waals surface area contributed by atoms with E-state index in [1.807, 2.05) is 18.2 Å².